The molecule has 0 bridgehead atoms. The van der Waals surface area contributed by atoms with Crippen molar-refractivity contribution in [1.29, 1.82) is 0 Å². The minimum atomic E-state index is 0.569. The molecule has 0 fully saturated rings. The SMILES string of the molecule is c1cc(-c2nc(-c3ccc(-c4cccc5c4oc4ccncc45)cc3)nc(-c3cccc4oc5ccccc5c34)n2)cc(-n2c3ccccc3c3ccccc32)c1. The van der Waals surface area contributed by atoms with Gasteiger partial charge in [0.15, 0.2) is 17.5 Å². The summed E-state index contributed by atoms with van der Waals surface area (Å²) in [6.07, 6.45) is 3.61. The van der Waals surface area contributed by atoms with E-state index in [9.17, 15) is 0 Å². The summed E-state index contributed by atoms with van der Waals surface area (Å²) in [5, 5.41) is 6.44. The first kappa shape index (κ1) is 31.5. The van der Waals surface area contributed by atoms with Gasteiger partial charge in [0.2, 0.25) is 0 Å². The number of para-hydroxylation sites is 4. The van der Waals surface area contributed by atoms with Crippen molar-refractivity contribution in [2.45, 2.75) is 0 Å². The van der Waals surface area contributed by atoms with Gasteiger partial charge in [0.1, 0.15) is 22.3 Å². The molecule has 12 rings (SSSR count). The molecular weight excluding hydrogens is 703 g/mol. The summed E-state index contributed by atoms with van der Waals surface area (Å²) >= 11 is 0. The van der Waals surface area contributed by atoms with Gasteiger partial charge in [-0.1, -0.05) is 121 Å². The van der Waals surface area contributed by atoms with Crippen LogP contribution in [0, 0.1) is 0 Å². The summed E-state index contributed by atoms with van der Waals surface area (Å²) < 4.78 is 14.9. The van der Waals surface area contributed by atoms with Crippen molar-refractivity contribution in [3.63, 3.8) is 0 Å². The topological polar surface area (TPSA) is 82.8 Å². The van der Waals surface area contributed by atoms with Crippen molar-refractivity contribution in [3.8, 4) is 51.0 Å². The van der Waals surface area contributed by atoms with Crippen LogP contribution in [-0.4, -0.2) is 24.5 Å². The highest BCUT2D eigenvalue weighted by Gasteiger charge is 2.19. The Bertz CT molecular complexity index is 3490. The first-order chi connectivity index (χ1) is 28.2. The molecule has 57 heavy (non-hydrogen) atoms. The van der Waals surface area contributed by atoms with Crippen LogP contribution < -0.4 is 0 Å². The molecule has 266 valence electrons. The maximum absolute atomic E-state index is 6.34. The van der Waals surface area contributed by atoms with Crippen LogP contribution in [0.3, 0.4) is 0 Å². The molecule has 5 heterocycles. The normalized spacial score (nSPS) is 11.9. The fourth-order valence-electron chi connectivity index (χ4n) is 8.37. The van der Waals surface area contributed by atoms with Gasteiger partial charge in [0.25, 0.3) is 0 Å². The predicted octanol–water partition coefficient (Wildman–Crippen LogP) is 12.8. The van der Waals surface area contributed by atoms with Crippen LogP contribution in [-0.2, 0) is 0 Å². The smallest absolute Gasteiger partial charge is 0.164 e. The number of hydrogen-bond donors (Lipinski definition) is 0. The minimum absolute atomic E-state index is 0.569. The van der Waals surface area contributed by atoms with Gasteiger partial charge in [-0.25, -0.2) is 15.0 Å². The van der Waals surface area contributed by atoms with E-state index in [4.69, 9.17) is 23.8 Å². The number of hydrogen-bond acceptors (Lipinski definition) is 6. The lowest BCUT2D eigenvalue weighted by Gasteiger charge is -2.12. The molecule has 0 spiro atoms. The van der Waals surface area contributed by atoms with Crippen molar-refractivity contribution >= 4 is 65.7 Å². The third kappa shape index (κ3) is 4.92. The molecule has 0 atom stereocenters. The van der Waals surface area contributed by atoms with Gasteiger partial charge in [-0.2, -0.15) is 0 Å². The van der Waals surface area contributed by atoms with Crippen LogP contribution in [0.2, 0.25) is 0 Å². The van der Waals surface area contributed by atoms with Gasteiger partial charge in [0.05, 0.1) is 11.0 Å². The Morgan fingerprint density at radius 2 is 1.02 bits per heavy atom. The van der Waals surface area contributed by atoms with Gasteiger partial charge < -0.3 is 13.4 Å². The number of rotatable bonds is 5. The molecule has 12 aromatic rings. The molecule has 0 aliphatic carbocycles. The molecule has 5 aromatic heterocycles. The van der Waals surface area contributed by atoms with E-state index in [1.807, 2.05) is 42.6 Å². The summed E-state index contributed by atoms with van der Waals surface area (Å²) in [7, 11) is 0. The van der Waals surface area contributed by atoms with Crippen LogP contribution in [0.5, 0.6) is 0 Å². The maximum atomic E-state index is 6.34. The highest BCUT2D eigenvalue weighted by Crippen LogP contribution is 2.39. The van der Waals surface area contributed by atoms with Crippen LogP contribution in [0.4, 0.5) is 0 Å². The molecule has 7 heteroatoms. The average molecular weight is 732 g/mol. The zero-order valence-corrected chi connectivity index (χ0v) is 30.3. The van der Waals surface area contributed by atoms with Crippen molar-refractivity contribution < 1.29 is 8.83 Å². The standard InChI is InChI=1S/C50H29N5O2/c1-4-18-41-35(12-1)36-13-2-5-19-42(36)55(41)33-11-7-10-32(28-33)49-52-48(53-50(54-49)39-17-9-21-45-46(39)38-14-3-6-20-43(38)56-45)31-24-22-30(23-25-31)34-15-8-16-37-40-29-51-27-26-44(40)57-47(34)37/h1-29H. The Hall–Kier alpha value is -7.90. The number of furan rings is 2. The predicted molar refractivity (Wildman–Crippen MR) is 228 cm³/mol. The first-order valence-corrected chi connectivity index (χ1v) is 18.9. The summed E-state index contributed by atoms with van der Waals surface area (Å²) in [6.45, 7) is 0. The highest BCUT2D eigenvalue weighted by molar-refractivity contribution is 6.12. The average Bonchev–Trinajstić information content (AvgIpc) is 3.96. The first-order valence-electron chi connectivity index (χ1n) is 18.9. The van der Waals surface area contributed by atoms with E-state index in [1.54, 1.807) is 6.20 Å². The quantitative estimate of drug-likeness (QED) is 0.175. The van der Waals surface area contributed by atoms with Gasteiger partial charge in [-0.3, -0.25) is 4.98 Å². The zero-order valence-electron chi connectivity index (χ0n) is 30.3. The number of nitrogens with zero attached hydrogens (tertiary/aromatic N) is 5. The Balaban J connectivity index is 1.04. The van der Waals surface area contributed by atoms with E-state index >= 15 is 0 Å². The number of pyridine rings is 1. The van der Waals surface area contributed by atoms with Crippen molar-refractivity contribution in [1.82, 2.24) is 24.5 Å². The van der Waals surface area contributed by atoms with Crippen molar-refractivity contribution in [2.75, 3.05) is 0 Å². The molecule has 0 amide bonds. The highest BCUT2D eigenvalue weighted by atomic mass is 16.3. The van der Waals surface area contributed by atoms with Gasteiger partial charge >= 0.3 is 0 Å². The van der Waals surface area contributed by atoms with E-state index in [0.29, 0.717) is 17.5 Å². The number of fused-ring (bicyclic) bond motifs is 9. The van der Waals surface area contributed by atoms with Crippen LogP contribution in [0.1, 0.15) is 0 Å². The minimum Gasteiger partial charge on any atom is -0.456 e. The second kappa shape index (κ2) is 12.3. The lowest BCUT2D eigenvalue weighted by molar-refractivity contribution is 0.669. The fraction of sp³-hybridized carbons (Fsp3) is 0. The Kier molecular flexibility index (Phi) is 6.79. The van der Waals surface area contributed by atoms with E-state index in [1.165, 1.54) is 10.8 Å². The molecule has 0 aliphatic heterocycles. The van der Waals surface area contributed by atoms with Crippen LogP contribution in [0.15, 0.2) is 185 Å². The Labute approximate surface area is 325 Å². The third-order valence-corrected chi connectivity index (χ3v) is 11.0. The van der Waals surface area contributed by atoms with E-state index < -0.39 is 0 Å². The molecular formula is C50H29N5O2. The molecule has 0 radical (unpaired) electrons. The molecule has 7 aromatic carbocycles. The molecule has 0 unspecified atom stereocenters. The zero-order chi connectivity index (χ0) is 37.5. The second-order valence-electron chi connectivity index (χ2n) is 14.2. The molecule has 0 aliphatic rings. The van der Waals surface area contributed by atoms with Gasteiger partial charge in [0, 0.05) is 72.7 Å². The molecule has 0 saturated heterocycles. The van der Waals surface area contributed by atoms with Gasteiger partial charge in [-0.15, -0.1) is 0 Å². The Morgan fingerprint density at radius 1 is 0.404 bits per heavy atom. The summed E-state index contributed by atoms with van der Waals surface area (Å²) in [5.74, 6) is 1.72. The van der Waals surface area contributed by atoms with E-state index in [-0.39, 0.29) is 0 Å². The number of aromatic nitrogens is 5. The lowest BCUT2D eigenvalue weighted by Crippen LogP contribution is -2.01. The van der Waals surface area contributed by atoms with Crippen LogP contribution in [0.25, 0.3) is 117 Å². The van der Waals surface area contributed by atoms with Gasteiger partial charge in [-0.05, 0) is 48.0 Å². The molecule has 0 saturated carbocycles. The second-order valence-corrected chi connectivity index (χ2v) is 14.2. The van der Waals surface area contributed by atoms with Crippen LogP contribution >= 0.6 is 0 Å². The molecule has 0 N–H and O–H groups in total. The van der Waals surface area contributed by atoms with Crippen molar-refractivity contribution in [2.24, 2.45) is 0 Å². The van der Waals surface area contributed by atoms with E-state index in [2.05, 4.69) is 137 Å². The summed E-state index contributed by atoms with van der Waals surface area (Å²) in [5.41, 5.74) is 11.2. The lowest BCUT2D eigenvalue weighted by atomic mass is 10.0. The van der Waals surface area contributed by atoms with E-state index in [0.717, 1.165) is 88.4 Å². The molecule has 7 nitrogen and oxygen atoms in total. The summed E-state index contributed by atoms with van der Waals surface area (Å²) in [4.78, 5) is 19.9. The third-order valence-electron chi connectivity index (χ3n) is 11.0. The fourth-order valence-corrected chi connectivity index (χ4v) is 8.37. The van der Waals surface area contributed by atoms with Crippen molar-refractivity contribution in [3.05, 3.63) is 176 Å². The summed E-state index contributed by atoms with van der Waals surface area (Å²) in [6, 6.07) is 56.2. The monoisotopic (exact) mass is 731 g/mol. The maximum Gasteiger partial charge on any atom is 0.164 e. The largest absolute Gasteiger partial charge is 0.456 e. The Morgan fingerprint density at radius 3 is 1.84 bits per heavy atom. The number of benzene rings is 7.